The van der Waals surface area contributed by atoms with E-state index in [9.17, 15) is 14.4 Å². The van der Waals surface area contributed by atoms with Crippen molar-refractivity contribution in [3.63, 3.8) is 0 Å². The number of anilines is 1. The van der Waals surface area contributed by atoms with E-state index in [1.807, 2.05) is 24.3 Å². The average molecular weight is 561 g/mol. The molecule has 39 heavy (non-hydrogen) atoms. The van der Waals surface area contributed by atoms with Gasteiger partial charge in [-0.2, -0.15) is 4.98 Å². The van der Waals surface area contributed by atoms with E-state index in [2.05, 4.69) is 22.1 Å². The van der Waals surface area contributed by atoms with E-state index in [1.165, 1.54) is 10.1 Å². The van der Waals surface area contributed by atoms with Crippen molar-refractivity contribution in [1.82, 2.24) is 24.3 Å². The first-order valence-corrected chi connectivity index (χ1v) is 13.3. The summed E-state index contributed by atoms with van der Waals surface area (Å²) in [7, 11) is 0. The van der Waals surface area contributed by atoms with Crippen LogP contribution in [0.15, 0.2) is 41.3 Å². The molecule has 0 saturated carbocycles. The van der Waals surface area contributed by atoms with Gasteiger partial charge < -0.3 is 21.3 Å². The molecule has 2 aliphatic heterocycles. The lowest BCUT2D eigenvalue weighted by Crippen LogP contribution is -2.58. The molecule has 0 aliphatic carbocycles. The first-order chi connectivity index (χ1) is 18.0. The van der Waals surface area contributed by atoms with Crippen LogP contribution in [0.1, 0.15) is 32.8 Å². The highest BCUT2D eigenvalue weighted by Crippen LogP contribution is 2.20. The monoisotopic (exact) mass is 560 g/mol. The number of nitrogens with one attached hydrogen (secondary N) is 1. The Bertz CT molecular complexity index is 1190. The molecule has 1 unspecified atom stereocenters. The molecule has 0 bridgehead atoms. The maximum absolute atomic E-state index is 12.7. The van der Waals surface area contributed by atoms with Gasteiger partial charge in [0.15, 0.2) is 0 Å². The predicted molar refractivity (Wildman–Crippen MR) is 154 cm³/mol. The van der Waals surface area contributed by atoms with Gasteiger partial charge in [0, 0.05) is 45.0 Å². The molecule has 4 rings (SSSR count). The maximum Gasteiger partial charge on any atom is 0.354 e. The summed E-state index contributed by atoms with van der Waals surface area (Å²) in [6.07, 6.45) is 3.71. The van der Waals surface area contributed by atoms with Gasteiger partial charge in [0.05, 0.1) is 11.2 Å². The van der Waals surface area contributed by atoms with Crippen LogP contribution in [0, 0.1) is 5.92 Å². The summed E-state index contributed by atoms with van der Waals surface area (Å²) >= 11 is 0. The van der Waals surface area contributed by atoms with Crippen LogP contribution in [0.3, 0.4) is 0 Å². The summed E-state index contributed by atoms with van der Waals surface area (Å²) in [4.78, 5) is 47.6. The van der Waals surface area contributed by atoms with Crippen molar-refractivity contribution >= 4 is 30.2 Å². The van der Waals surface area contributed by atoms with Gasteiger partial charge in [-0.05, 0) is 76.4 Å². The quantitative estimate of drug-likeness (QED) is 0.463. The van der Waals surface area contributed by atoms with Gasteiger partial charge >= 0.3 is 11.7 Å². The molecule has 2 aliphatic rings. The van der Waals surface area contributed by atoms with Crippen LogP contribution in [0.2, 0.25) is 0 Å². The van der Waals surface area contributed by atoms with Crippen LogP contribution in [-0.2, 0) is 11.2 Å². The minimum absolute atomic E-state index is 0. The number of carbonyl (C=O) groups excluding carboxylic acids is 2. The minimum atomic E-state index is -0.945. The van der Waals surface area contributed by atoms with Crippen molar-refractivity contribution in [3.05, 3.63) is 52.6 Å². The van der Waals surface area contributed by atoms with Crippen LogP contribution >= 0.6 is 12.4 Å². The smallest absolute Gasteiger partial charge is 0.338 e. The second-order valence-corrected chi connectivity index (χ2v) is 11.0. The fourth-order valence-corrected chi connectivity index (χ4v) is 5.10. The van der Waals surface area contributed by atoms with Gasteiger partial charge in [-0.25, -0.2) is 9.59 Å². The third kappa shape index (κ3) is 7.57. The largest absolute Gasteiger partial charge is 0.354 e. The zero-order valence-electron chi connectivity index (χ0n) is 23.0. The Labute approximate surface area is 235 Å². The molecule has 1 aromatic heterocycles. The van der Waals surface area contributed by atoms with Crippen molar-refractivity contribution in [1.29, 1.82) is 0 Å². The van der Waals surface area contributed by atoms with Crippen LogP contribution in [0.5, 0.6) is 0 Å². The van der Waals surface area contributed by atoms with Crippen molar-refractivity contribution in [2.24, 2.45) is 17.4 Å². The lowest BCUT2D eigenvalue weighted by Gasteiger charge is -2.37. The zero-order chi connectivity index (χ0) is 27.4. The number of nitrogens with zero attached hydrogens (tertiary/aromatic N) is 5. The Hall–Kier alpha value is -2.99. The van der Waals surface area contributed by atoms with Gasteiger partial charge in [0.2, 0.25) is 5.91 Å². The molecule has 2 fully saturated rings. The third-order valence-corrected chi connectivity index (χ3v) is 7.46. The van der Waals surface area contributed by atoms with Crippen LogP contribution in [-0.4, -0.2) is 93.6 Å². The number of urea groups is 1. The number of hydrogen-bond donors (Lipinski definition) is 3. The number of aromatic nitrogens is 2. The number of nitrogens with two attached hydrogens (primary N) is 2. The number of halogens is 1. The number of rotatable bonds is 7. The SMILES string of the molecule is CC(Cc1ccc(-n2ccc(NC(=O)N3CCN(C(=O)C(C)(C)N)CC3)nc2=O)cc1)N1CC[C@@H](CN)C1.Cl. The van der Waals surface area contributed by atoms with E-state index < -0.39 is 11.2 Å². The molecule has 2 saturated heterocycles. The molecular weight excluding hydrogens is 520 g/mol. The lowest BCUT2D eigenvalue weighted by atomic mass is 10.1. The first-order valence-electron chi connectivity index (χ1n) is 13.3. The standard InChI is InChI=1S/C27H40N8O3.ClH/c1-19(34-10-8-21(17-28)18-34)16-20-4-6-22(7-5-20)35-11-9-23(31-26(35)38)30-25(37)33-14-12-32(13-15-33)24(36)27(2,3)29;/h4-7,9,11,19,21H,8,10,12-18,28-29H2,1-3H3,(H,30,31,37,38);1H/t19?,21-;/m0./s1. The Balaban J connectivity index is 0.00000420. The summed E-state index contributed by atoms with van der Waals surface area (Å²) in [5.74, 6) is 0.638. The third-order valence-electron chi connectivity index (χ3n) is 7.46. The highest BCUT2D eigenvalue weighted by molar-refractivity contribution is 5.89. The molecule has 0 radical (unpaired) electrons. The predicted octanol–water partition coefficient (Wildman–Crippen LogP) is 1.28. The number of amides is 3. The van der Waals surface area contributed by atoms with E-state index in [4.69, 9.17) is 11.5 Å². The number of benzene rings is 1. The molecule has 1 aromatic carbocycles. The molecule has 3 amide bonds. The molecule has 3 heterocycles. The normalized spacial score (nSPS) is 18.9. The number of likely N-dealkylation sites (tertiary alicyclic amines) is 1. The Morgan fingerprint density at radius 3 is 2.28 bits per heavy atom. The second kappa shape index (κ2) is 12.9. The second-order valence-electron chi connectivity index (χ2n) is 11.0. The molecule has 11 nitrogen and oxygen atoms in total. The van der Waals surface area contributed by atoms with E-state index >= 15 is 0 Å². The van der Waals surface area contributed by atoms with Crippen LogP contribution in [0.4, 0.5) is 10.6 Å². The van der Waals surface area contributed by atoms with Crippen LogP contribution < -0.4 is 22.5 Å². The van der Waals surface area contributed by atoms with E-state index in [1.54, 1.807) is 35.9 Å². The van der Waals surface area contributed by atoms with E-state index in [0.717, 1.165) is 32.5 Å². The molecule has 214 valence electrons. The fourth-order valence-electron chi connectivity index (χ4n) is 5.10. The highest BCUT2D eigenvalue weighted by Gasteiger charge is 2.31. The van der Waals surface area contributed by atoms with Gasteiger partial charge in [-0.15, -0.1) is 12.4 Å². The summed E-state index contributed by atoms with van der Waals surface area (Å²) in [6, 6.07) is 9.59. The molecule has 2 atom stereocenters. The van der Waals surface area contributed by atoms with Gasteiger partial charge in [0.1, 0.15) is 5.82 Å². The van der Waals surface area contributed by atoms with Crippen molar-refractivity contribution in [2.45, 2.75) is 45.2 Å². The lowest BCUT2D eigenvalue weighted by molar-refractivity contribution is -0.137. The summed E-state index contributed by atoms with van der Waals surface area (Å²) in [6.45, 7) is 10.0. The topological polar surface area (TPSA) is 143 Å². The number of hydrogen-bond acceptors (Lipinski definition) is 7. The number of piperazine rings is 1. The number of carbonyl (C=O) groups is 2. The first kappa shape index (κ1) is 30.6. The maximum atomic E-state index is 12.7. The van der Waals surface area contributed by atoms with Crippen molar-refractivity contribution in [2.75, 3.05) is 51.1 Å². The molecule has 0 spiro atoms. The van der Waals surface area contributed by atoms with E-state index in [-0.39, 0.29) is 30.2 Å². The van der Waals surface area contributed by atoms with Crippen molar-refractivity contribution in [3.8, 4) is 5.69 Å². The zero-order valence-corrected chi connectivity index (χ0v) is 23.8. The summed E-state index contributed by atoms with van der Waals surface area (Å²) in [5, 5.41) is 2.69. The van der Waals surface area contributed by atoms with Gasteiger partial charge in [-0.1, -0.05) is 12.1 Å². The fraction of sp³-hybridized carbons (Fsp3) is 0.556. The minimum Gasteiger partial charge on any atom is -0.338 e. The Kier molecular flexibility index (Phi) is 10.1. The Morgan fingerprint density at radius 2 is 1.72 bits per heavy atom. The van der Waals surface area contributed by atoms with Gasteiger partial charge in [-0.3, -0.25) is 19.6 Å². The van der Waals surface area contributed by atoms with Gasteiger partial charge in [0.25, 0.3) is 0 Å². The highest BCUT2D eigenvalue weighted by atomic mass is 35.5. The van der Waals surface area contributed by atoms with Crippen LogP contribution in [0.25, 0.3) is 5.69 Å². The van der Waals surface area contributed by atoms with Crippen molar-refractivity contribution < 1.29 is 9.59 Å². The molecular formula is C27H41ClN8O3. The molecule has 12 heteroatoms. The van der Waals surface area contributed by atoms with E-state index in [0.29, 0.717) is 43.8 Å². The summed E-state index contributed by atoms with van der Waals surface area (Å²) in [5.41, 5.74) is 12.2. The Morgan fingerprint density at radius 1 is 1.08 bits per heavy atom. The molecule has 2 aromatic rings. The molecule has 5 N–H and O–H groups in total. The average Bonchev–Trinajstić information content (AvgIpc) is 3.38. The summed E-state index contributed by atoms with van der Waals surface area (Å²) < 4.78 is 1.45.